The summed E-state index contributed by atoms with van der Waals surface area (Å²) in [5.41, 5.74) is 1.27. The molecule has 6 heteroatoms. The smallest absolute Gasteiger partial charge is 0.0928 e. The highest BCUT2D eigenvalue weighted by Crippen LogP contribution is 2.16. The minimum absolute atomic E-state index is 0. The molecule has 1 aliphatic heterocycles. The Labute approximate surface area is 133 Å². The van der Waals surface area contributed by atoms with Crippen LogP contribution in [-0.2, 0) is 13.0 Å². The maximum atomic E-state index is 4.69. The molecule has 0 spiro atoms. The summed E-state index contributed by atoms with van der Waals surface area (Å²) in [5.74, 6) is 0. The lowest BCUT2D eigenvalue weighted by atomic mass is 10.1. The van der Waals surface area contributed by atoms with Crippen molar-refractivity contribution in [3.05, 3.63) is 16.1 Å². The first-order valence-electron chi connectivity index (χ1n) is 6.64. The lowest BCUT2D eigenvalue weighted by Gasteiger charge is -2.31. The number of piperidine rings is 1. The standard InChI is InChI=1S/C13H23N3S.2ClH/c1-3-4-13-15-12(10-17-13)9-16-7-5-11(14-2)6-8-16;;/h10-11,14H,3-9H2,1-2H3;2*1H. The molecule has 0 unspecified atom stereocenters. The number of nitrogens with one attached hydrogen (secondary N) is 1. The van der Waals surface area contributed by atoms with Gasteiger partial charge >= 0.3 is 0 Å². The molecular formula is C13H25Cl2N3S. The second-order valence-electron chi connectivity index (χ2n) is 4.82. The summed E-state index contributed by atoms with van der Waals surface area (Å²) in [5, 5.41) is 6.90. The van der Waals surface area contributed by atoms with Crippen LogP contribution in [0.1, 0.15) is 36.9 Å². The summed E-state index contributed by atoms with van der Waals surface area (Å²) in [4.78, 5) is 7.22. The number of halogens is 2. The molecule has 1 aliphatic rings. The van der Waals surface area contributed by atoms with Gasteiger partial charge in [0.05, 0.1) is 10.7 Å². The topological polar surface area (TPSA) is 28.2 Å². The van der Waals surface area contributed by atoms with Gasteiger partial charge in [0.25, 0.3) is 0 Å². The van der Waals surface area contributed by atoms with Crippen molar-refractivity contribution in [3.63, 3.8) is 0 Å². The molecule has 112 valence electrons. The molecule has 0 bridgehead atoms. The molecule has 1 aromatic rings. The van der Waals surface area contributed by atoms with Gasteiger partial charge in [-0.25, -0.2) is 4.98 Å². The monoisotopic (exact) mass is 325 g/mol. The van der Waals surface area contributed by atoms with Crippen molar-refractivity contribution in [2.75, 3.05) is 20.1 Å². The second kappa shape index (κ2) is 9.94. The van der Waals surface area contributed by atoms with E-state index in [9.17, 15) is 0 Å². The quantitative estimate of drug-likeness (QED) is 0.901. The van der Waals surface area contributed by atoms with Gasteiger partial charge in [-0.05, 0) is 32.7 Å². The van der Waals surface area contributed by atoms with Gasteiger partial charge < -0.3 is 5.32 Å². The highest BCUT2D eigenvalue weighted by molar-refractivity contribution is 7.09. The van der Waals surface area contributed by atoms with Gasteiger partial charge in [0.1, 0.15) is 0 Å². The summed E-state index contributed by atoms with van der Waals surface area (Å²) >= 11 is 1.82. The third-order valence-corrected chi connectivity index (χ3v) is 4.40. The number of hydrogen-bond acceptors (Lipinski definition) is 4. The fourth-order valence-corrected chi connectivity index (χ4v) is 3.25. The zero-order valence-electron chi connectivity index (χ0n) is 11.7. The maximum Gasteiger partial charge on any atom is 0.0928 e. The van der Waals surface area contributed by atoms with E-state index in [0.717, 1.165) is 19.0 Å². The Kier molecular flexibility index (Phi) is 10.0. The van der Waals surface area contributed by atoms with Gasteiger partial charge in [-0.3, -0.25) is 4.90 Å². The van der Waals surface area contributed by atoms with Crippen LogP contribution in [0.4, 0.5) is 0 Å². The van der Waals surface area contributed by atoms with Crippen LogP contribution in [0.15, 0.2) is 5.38 Å². The third-order valence-electron chi connectivity index (χ3n) is 3.44. The van der Waals surface area contributed by atoms with Gasteiger partial charge in [-0.1, -0.05) is 6.92 Å². The zero-order valence-corrected chi connectivity index (χ0v) is 14.2. The van der Waals surface area contributed by atoms with E-state index < -0.39 is 0 Å². The fraction of sp³-hybridized carbons (Fsp3) is 0.769. The summed E-state index contributed by atoms with van der Waals surface area (Å²) in [7, 11) is 2.07. The normalized spacial score (nSPS) is 16.7. The lowest BCUT2D eigenvalue weighted by molar-refractivity contribution is 0.193. The van der Waals surface area contributed by atoms with E-state index in [2.05, 4.69) is 29.6 Å². The van der Waals surface area contributed by atoms with Gasteiger partial charge in [-0.15, -0.1) is 36.2 Å². The number of aryl methyl sites for hydroxylation is 1. The van der Waals surface area contributed by atoms with Gasteiger partial charge in [0, 0.05) is 31.1 Å². The van der Waals surface area contributed by atoms with Crippen LogP contribution in [-0.4, -0.2) is 36.1 Å². The third kappa shape index (κ3) is 5.96. The average molecular weight is 326 g/mol. The van der Waals surface area contributed by atoms with Crippen molar-refractivity contribution in [1.82, 2.24) is 15.2 Å². The van der Waals surface area contributed by atoms with E-state index in [1.54, 1.807) is 0 Å². The minimum Gasteiger partial charge on any atom is -0.317 e. The predicted octanol–water partition coefficient (Wildman–Crippen LogP) is 3.12. The molecule has 1 saturated heterocycles. The van der Waals surface area contributed by atoms with Gasteiger partial charge in [0.2, 0.25) is 0 Å². The minimum atomic E-state index is 0. The van der Waals surface area contributed by atoms with Crippen LogP contribution in [0.3, 0.4) is 0 Å². The van der Waals surface area contributed by atoms with Crippen LogP contribution in [0.5, 0.6) is 0 Å². The molecule has 0 amide bonds. The van der Waals surface area contributed by atoms with Gasteiger partial charge in [-0.2, -0.15) is 0 Å². The predicted molar refractivity (Wildman–Crippen MR) is 88.0 cm³/mol. The molecular weight excluding hydrogens is 301 g/mol. The van der Waals surface area contributed by atoms with Crippen LogP contribution in [0.2, 0.25) is 0 Å². The molecule has 1 fully saturated rings. The summed E-state index contributed by atoms with van der Waals surface area (Å²) in [6.07, 6.45) is 4.86. The van der Waals surface area contributed by atoms with Crippen molar-refractivity contribution < 1.29 is 0 Å². The summed E-state index contributed by atoms with van der Waals surface area (Å²) in [6, 6.07) is 0.720. The first kappa shape index (κ1) is 19.1. The van der Waals surface area contributed by atoms with E-state index >= 15 is 0 Å². The van der Waals surface area contributed by atoms with E-state index in [0.29, 0.717) is 0 Å². The van der Waals surface area contributed by atoms with E-state index in [-0.39, 0.29) is 24.8 Å². The Morgan fingerprint density at radius 1 is 1.37 bits per heavy atom. The largest absolute Gasteiger partial charge is 0.317 e. The van der Waals surface area contributed by atoms with Crippen LogP contribution >= 0.6 is 36.2 Å². The Hall–Kier alpha value is 0.130. The number of aromatic nitrogens is 1. The molecule has 0 aromatic carbocycles. The number of likely N-dealkylation sites (tertiary alicyclic amines) is 1. The second-order valence-corrected chi connectivity index (χ2v) is 5.76. The number of nitrogens with zero attached hydrogens (tertiary/aromatic N) is 2. The maximum absolute atomic E-state index is 4.69. The molecule has 1 N–H and O–H groups in total. The van der Waals surface area contributed by atoms with E-state index in [1.165, 1.54) is 43.1 Å². The van der Waals surface area contributed by atoms with Crippen molar-refractivity contribution in [2.45, 2.75) is 45.2 Å². The Bertz CT molecular complexity index is 338. The summed E-state index contributed by atoms with van der Waals surface area (Å²) < 4.78 is 0. The Morgan fingerprint density at radius 3 is 2.63 bits per heavy atom. The highest BCUT2D eigenvalue weighted by atomic mass is 35.5. The Morgan fingerprint density at radius 2 is 2.05 bits per heavy atom. The highest BCUT2D eigenvalue weighted by Gasteiger charge is 2.18. The molecule has 0 aliphatic carbocycles. The molecule has 0 atom stereocenters. The van der Waals surface area contributed by atoms with Crippen LogP contribution < -0.4 is 5.32 Å². The Balaban J connectivity index is 0.00000162. The molecule has 2 rings (SSSR count). The first-order valence-corrected chi connectivity index (χ1v) is 7.52. The summed E-state index contributed by atoms with van der Waals surface area (Å²) in [6.45, 7) is 5.65. The SMILES string of the molecule is CCCc1nc(CN2CCC(NC)CC2)cs1.Cl.Cl. The first-order chi connectivity index (χ1) is 8.31. The van der Waals surface area contributed by atoms with Gasteiger partial charge in [0.15, 0.2) is 0 Å². The van der Waals surface area contributed by atoms with Crippen molar-refractivity contribution in [1.29, 1.82) is 0 Å². The average Bonchev–Trinajstić information content (AvgIpc) is 2.78. The fourth-order valence-electron chi connectivity index (χ4n) is 2.36. The number of thiazole rings is 1. The molecule has 3 nitrogen and oxygen atoms in total. The molecule has 2 heterocycles. The van der Waals surface area contributed by atoms with E-state index in [4.69, 9.17) is 4.98 Å². The van der Waals surface area contributed by atoms with Crippen molar-refractivity contribution in [2.24, 2.45) is 0 Å². The lowest BCUT2D eigenvalue weighted by Crippen LogP contribution is -2.40. The molecule has 1 aromatic heterocycles. The molecule has 0 radical (unpaired) electrons. The van der Waals surface area contributed by atoms with Crippen molar-refractivity contribution >= 4 is 36.2 Å². The number of rotatable bonds is 5. The van der Waals surface area contributed by atoms with E-state index in [1.807, 2.05) is 11.3 Å². The zero-order chi connectivity index (χ0) is 12.1. The van der Waals surface area contributed by atoms with Crippen LogP contribution in [0, 0.1) is 0 Å². The van der Waals surface area contributed by atoms with Crippen molar-refractivity contribution in [3.8, 4) is 0 Å². The molecule has 0 saturated carbocycles. The number of hydrogen-bond donors (Lipinski definition) is 1. The van der Waals surface area contributed by atoms with Crippen LogP contribution in [0.25, 0.3) is 0 Å². The molecule has 19 heavy (non-hydrogen) atoms.